The number of rotatable bonds is 8. The zero-order valence-electron chi connectivity index (χ0n) is 18.9. The lowest BCUT2D eigenvalue weighted by Crippen LogP contribution is -2.01. The van der Waals surface area contributed by atoms with Crippen molar-refractivity contribution >= 4 is 57.5 Å². The van der Waals surface area contributed by atoms with Gasteiger partial charge in [0.2, 0.25) is 0 Å². The molecule has 9 heteroatoms. The average Bonchev–Trinajstić information content (AvgIpc) is 3.27. The predicted molar refractivity (Wildman–Crippen MR) is 140 cm³/mol. The van der Waals surface area contributed by atoms with Crippen LogP contribution in [0.2, 0.25) is 15.1 Å². The Kier molecular flexibility index (Phi) is 7.72. The van der Waals surface area contributed by atoms with Crippen LogP contribution >= 0.6 is 34.8 Å². The van der Waals surface area contributed by atoms with Crippen LogP contribution in [0.3, 0.4) is 0 Å². The summed E-state index contributed by atoms with van der Waals surface area (Å²) in [5.41, 5.74) is 3.31. The average molecular weight is 529 g/mol. The lowest BCUT2D eigenvalue weighted by atomic mass is 10.1. The monoisotopic (exact) mass is 527 g/mol. The molecule has 1 heterocycles. The Morgan fingerprint density at radius 3 is 2.57 bits per heavy atom. The topological polar surface area (TPSA) is 80.2 Å². The first-order chi connectivity index (χ1) is 16.9. The van der Waals surface area contributed by atoms with Crippen molar-refractivity contribution in [1.29, 1.82) is 5.26 Å². The highest BCUT2D eigenvalue weighted by Gasteiger charge is 2.15. The van der Waals surface area contributed by atoms with E-state index in [0.29, 0.717) is 55.9 Å². The highest BCUT2D eigenvalue weighted by Crippen LogP contribution is 2.38. The van der Waals surface area contributed by atoms with E-state index in [2.05, 4.69) is 16.0 Å². The number of benzene rings is 3. The number of hydrogen-bond acceptors (Lipinski definition) is 5. The maximum absolute atomic E-state index is 9.80. The Labute approximate surface area is 217 Å². The van der Waals surface area contributed by atoms with Crippen molar-refractivity contribution in [1.82, 2.24) is 9.97 Å². The minimum atomic E-state index is 0.220. The first kappa shape index (κ1) is 24.7. The van der Waals surface area contributed by atoms with Gasteiger partial charge in [0.1, 0.15) is 24.3 Å². The number of H-pyrrole nitrogens is 1. The van der Waals surface area contributed by atoms with E-state index in [-0.39, 0.29) is 6.61 Å². The van der Waals surface area contributed by atoms with Gasteiger partial charge in [-0.05, 0) is 60.5 Å². The van der Waals surface area contributed by atoms with Gasteiger partial charge in [-0.15, -0.1) is 0 Å². The van der Waals surface area contributed by atoms with E-state index in [1.165, 1.54) is 0 Å². The number of nitrogens with zero attached hydrogens (tertiary/aromatic N) is 2. The molecule has 1 N–H and O–H groups in total. The summed E-state index contributed by atoms with van der Waals surface area (Å²) >= 11 is 18.6. The van der Waals surface area contributed by atoms with E-state index in [1.807, 2.05) is 31.2 Å². The molecule has 178 valence electrons. The molecule has 0 saturated carbocycles. The molecule has 3 aromatic carbocycles. The van der Waals surface area contributed by atoms with Crippen LogP contribution in [-0.4, -0.2) is 23.7 Å². The van der Waals surface area contributed by atoms with Crippen LogP contribution in [0.4, 0.5) is 0 Å². The number of aromatic amines is 1. The van der Waals surface area contributed by atoms with Gasteiger partial charge in [0, 0.05) is 6.07 Å². The Morgan fingerprint density at radius 1 is 1.03 bits per heavy atom. The summed E-state index contributed by atoms with van der Waals surface area (Å²) in [7, 11) is 1.59. The molecule has 4 aromatic rings. The number of hydrogen-bond donors (Lipinski definition) is 1. The number of imidazole rings is 1. The Morgan fingerprint density at radius 2 is 1.86 bits per heavy atom. The molecule has 6 nitrogen and oxygen atoms in total. The molecule has 0 bridgehead atoms. The van der Waals surface area contributed by atoms with Crippen molar-refractivity contribution in [2.45, 2.75) is 13.5 Å². The Balaban J connectivity index is 1.65. The number of methoxy groups -OCH3 is 1. The van der Waals surface area contributed by atoms with E-state index < -0.39 is 0 Å². The zero-order valence-corrected chi connectivity index (χ0v) is 21.1. The number of nitrogens with one attached hydrogen (secondary N) is 1. The number of allylic oxidation sites excluding steroid dienone is 1. The first-order valence-corrected chi connectivity index (χ1v) is 11.7. The highest BCUT2D eigenvalue weighted by atomic mass is 35.5. The van der Waals surface area contributed by atoms with E-state index in [4.69, 9.17) is 49.0 Å². The summed E-state index contributed by atoms with van der Waals surface area (Å²) in [4.78, 5) is 7.68. The number of aromatic nitrogens is 2. The van der Waals surface area contributed by atoms with Crippen LogP contribution in [0, 0.1) is 11.3 Å². The second kappa shape index (κ2) is 10.9. The quantitative estimate of drug-likeness (QED) is 0.239. The largest absolute Gasteiger partial charge is 0.497 e. The lowest BCUT2D eigenvalue weighted by Gasteiger charge is -2.15. The van der Waals surface area contributed by atoms with Gasteiger partial charge >= 0.3 is 0 Å². The van der Waals surface area contributed by atoms with Crippen LogP contribution in [0.5, 0.6) is 17.2 Å². The molecule has 0 fully saturated rings. The fourth-order valence-corrected chi connectivity index (χ4v) is 4.02. The number of ether oxygens (including phenoxy) is 3. The molecule has 4 rings (SSSR count). The van der Waals surface area contributed by atoms with Crippen LogP contribution in [0.15, 0.2) is 48.5 Å². The van der Waals surface area contributed by atoms with E-state index in [1.54, 1.807) is 37.5 Å². The summed E-state index contributed by atoms with van der Waals surface area (Å²) in [5.74, 6) is 1.98. The van der Waals surface area contributed by atoms with Gasteiger partial charge in [0.05, 0.1) is 45.4 Å². The predicted octanol–water partition coefficient (Wildman–Crippen LogP) is 7.57. The lowest BCUT2D eigenvalue weighted by molar-refractivity contribution is 0.269. The van der Waals surface area contributed by atoms with Crippen molar-refractivity contribution in [2.24, 2.45) is 0 Å². The molecule has 0 aliphatic carbocycles. The number of fused-ring (bicyclic) bond motifs is 1. The van der Waals surface area contributed by atoms with E-state index in [0.717, 1.165) is 16.6 Å². The van der Waals surface area contributed by atoms with Crippen molar-refractivity contribution in [3.8, 4) is 23.3 Å². The van der Waals surface area contributed by atoms with Gasteiger partial charge < -0.3 is 19.2 Å². The third-order valence-corrected chi connectivity index (χ3v) is 6.09. The Bertz CT molecular complexity index is 1460. The minimum Gasteiger partial charge on any atom is -0.497 e. The van der Waals surface area contributed by atoms with E-state index >= 15 is 0 Å². The molecule has 0 aliphatic rings. The van der Waals surface area contributed by atoms with Gasteiger partial charge in [-0.25, -0.2) is 4.98 Å². The smallest absolute Gasteiger partial charge is 0.180 e. The van der Waals surface area contributed by atoms with Crippen molar-refractivity contribution < 1.29 is 14.2 Å². The van der Waals surface area contributed by atoms with Crippen LogP contribution in [-0.2, 0) is 6.61 Å². The van der Waals surface area contributed by atoms with Gasteiger partial charge in [-0.3, -0.25) is 0 Å². The molecular weight excluding hydrogens is 509 g/mol. The highest BCUT2D eigenvalue weighted by molar-refractivity contribution is 6.42. The van der Waals surface area contributed by atoms with Crippen LogP contribution in [0.1, 0.15) is 23.9 Å². The molecule has 0 unspecified atom stereocenters. The number of halogens is 3. The molecule has 0 aliphatic heterocycles. The summed E-state index contributed by atoms with van der Waals surface area (Å²) in [6, 6.07) is 16.4. The summed E-state index contributed by atoms with van der Waals surface area (Å²) in [5, 5.41) is 11.1. The first-order valence-electron chi connectivity index (χ1n) is 10.6. The standard InChI is InChI=1S/C26H20Cl3N3O3/c1-3-34-24-11-16(10-21(29)25(24)35-14-15-4-6-19(27)20(28)9-15)8-17(13-30)26-31-22-7-5-18(33-2)12-23(22)32-26/h4-12H,3,14H2,1-2H3,(H,31,32)/b17-8-. The molecule has 0 saturated heterocycles. The third-order valence-electron chi connectivity index (χ3n) is 5.07. The van der Waals surface area contributed by atoms with Gasteiger partial charge in [0.15, 0.2) is 11.5 Å². The van der Waals surface area contributed by atoms with Crippen molar-refractivity contribution in [3.05, 3.63) is 80.6 Å². The maximum atomic E-state index is 9.80. The molecule has 0 radical (unpaired) electrons. The van der Waals surface area contributed by atoms with Crippen molar-refractivity contribution in [3.63, 3.8) is 0 Å². The summed E-state index contributed by atoms with van der Waals surface area (Å²) in [6.45, 7) is 2.49. The van der Waals surface area contributed by atoms with Crippen LogP contribution < -0.4 is 14.2 Å². The van der Waals surface area contributed by atoms with E-state index in [9.17, 15) is 5.26 Å². The zero-order chi connectivity index (χ0) is 24.9. The summed E-state index contributed by atoms with van der Waals surface area (Å²) < 4.78 is 17.0. The van der Waals surface area contributed by atoms with Crippen molar-refractivity contribution in [2.75, 3.05) is 13.7 Å². The normalized spacial score (nSPS) is 11.4. The second-order valence-corrected chi connectivity index (χ2v) is 8.66. The third kappa shape index (κ3) is 5.66. The van der Waals surface area contributed by atoms with Gasteiger partial charge in [-0.2, -0.15) is 5.26 Å². The molecule has 1 aromatic heterocycles. The molecule has 0 atom stereocenters. The fraction of sp³-hybridized carbons (Fsp3) is 0.154. The SMILES string of the molecule is CCOc1cc(/C=C(/C#N)c2nc3ccc(OC)cc3[nH]2)cc(Cl)c1OCc1ccc(Cl)c(Cl)c1. The number of nitriles is 1. The summed E-state index contributed by atoms with van der Waals surface area (Å²) in [6.07, 6.45) is 1.69. The second-order valence-electron chi connectivity index (χ2n) is 7.44. The van der Waals surface area contributed by atoms with Crippen LogP contribution in [0.25, 0.3) is 22.7 Å². The molecule has 0 spiro atoms. The maximum Gasteiger partial charge on any atom is 0.180 e. The Hall–Kier alpha value is -3.37. The molecular formula is C26H20Cl3N3O3. The van der Waals surface area contributed by atoms with Gasteiger partial charge in [-0.1, -0.05) is 40.9 Å². The fourth-order valence-electron chi connectivity index (χ4n) is 3.42. The molecule has 0 amide bonds. The minimum absolute atomic E-state index is 0.220. The molecule has 35 heavy (non-hydrogen) atoms. The van der Waals surface area contributed by atoms with Gasteiger partial charge in [0.25, 0.3) is 0 Å².